The van der Waals surface area contributed by atoms with Gasteiger partial charge in [-0.2, -0.15) is 0 Å². The van der Waals surface area contributed by atoms with Crippen molar-refractivity contribution in [2.24, 2.45) is 0 Å². The molecule has 2 N–H and O–H groups in total. The van der Waals surface area contributed by atoms with Crippen molar-refractivity contribution < 1.29 is 13.6 Å². The Morgan fingerprint density at radius 2 is 1.84 bits per heavy atom. The lowest BCUT2D eigenvalue weighted by Gasteiger charge is -2.09. The molecule has 0 radical (unpaired) electrons. The van der Waals surface area contributed by atoms with E-state index in [0.29, 0.717) is 10.7 Å². The zero-order chi connectivity index (χ0) is 17.8. The summed E-state index contributed by atoms with van der Waals surface area (Å²) in [6.07, 6.45) is 1.35. The minimum atomic E-state index is -0.797. The van der Waals surface area contributed by atoms with Crippen LogP contribution in [-0.2, 0) is 0 Å². The Labute approximate surface area is 146 Å². The molecule has 3 aromatic rings. The zero-order valence-corrected chi connectivity index (χ0v) is 13.4. The van der Waals surface area contributed by atoms with Gasteiger partial charge in [0.1, 0.15) is 17.3 Å². The molecule has 126 valence electrons. The van der Waals surface area contributed by atoms with Crippen LogP contribution in [0.15, 0.2) is 54.7 Å². The summed E-state index contributed by atoms with van der Waals surface area (Å²) in [5, 5.41) is 5.61. The molecule has 0 aliphatic heterocycles. The Bertz CT molecular complexity index is 936. The normalized spacial score (nSPS) is 10.4. The second kappa shape index (κ2) is 7.23. The number of hydrogen-bond donors (Lipinski definition) is 2. The molecular formula is C17H11ClF2N4O. The number of anilines is 3. The monoisotopic (exact) mass is 360 g/mol. The molecule has 2 aromatic carbocycles. The molecule has 0 saturated heterocycles. The van der Waals surface area contributed by atoms with Crippen molar-refractivity contribution in [1.82, 2.24) is 9.97 Å². The van der Waals surface area contributed by atoms with Crippen molar-refractivity contribution in [3.8, 4) is 0 Å². The molecule has 1 heterocycles. The largest absolute Gasteiger partial charge is 0.322 e. The minimum absolute atomic E-state index is 0.00248. The molecule has 1 aromatic heterocycles. The fraction of sp³-hybridized carbons (Fsp3) is 0. The van der Waals surface area contributed by atoms with Gasteiger partial charge in [-0.1, -0.05) is 23.7 Å². The number of aromatic nitrogens is 2. The maximum atomic E-state index is 13.7. The van der Waals surface area contributed by atoms with Crippen molar-refractivity contribution in [2.45, 2.75) is 0 Å². The van der Waals surface area contributed by atoms with Gasteiger partial charge in [-0.05, 0) is 30.3 Å². The van der Waals surface area contributed by atoms with Crippen molar-refractivity contribution in [2.75, 3.05) is 10.6 Å². The highest BCUT2D eigenvalue weighted by Gasteiger charge is 2.12. The number of benzene rings is 2. The number of nitrogens with zero attached hydrogens (tertiary/aromatic N) is 2. The highest BCUT2D eigenvalue weighted by atomic mass is 35.5. The average Bonchev–Trinajstić information content (AvgIpc) is 2.60. The number of para-hydroxylation sites is 1. The van der Waals surface area contributed by atoms with E-state index in [2.05, 4.69) is 20.6 Å². The van der Waals surface area contributed by atoms with E-state index in [1.807, 2.05) is 0 Å². The van der Waals surface area contributed by atoms with E-state index >= 15 is 0 Å². The Balaban J connectivity index is 1.79. The van der Waals surface area contributed by atoms with Crippen LogP contribution in [0.2, 0.25) is 5.02 Å². The highest BCUT2D eigenvalue weighted by molar-refractivity contribution is 6.33. The topological polar surface area (TPSA) is 66.9 Å². The van der Waals surface area contributed by atoms with E-state index in [0.717, 1.165) is 12.1 Å². The fourth-order valence-corrected chi connectivity index (χ4v) is 2.19. The van der Waals surface area contributed by atoms with Crippen molar-refractivity contribution in [1.29, 1.82) is 0 Å². The number of hydrogen-bond acceptors (Lipinski definition) is 4. The molecule has 0 saturated carbocycles. The van der Waals surface area contributed by atoms with E-state index in [4.69, 9.17) is 11.6 Å². The first-order valence-corrected chi connectivity index (χ1v) is 7.52. The van der Waals surface area contributed by atoms with E-state index in [1.54, 1.807) is 24.3 Å². The summed E-state index contributed by atoms with van der Waals surface area (Å²) >= 11 is 5.99. The van der Waals surface area contributed by atoms with Crippen LogP contribution in [0.3, 0.4) is 0 Å². The standard InChI is InChI=1S/C17H11ClF2N4O/c18-11-3-1-2-4-13(11)22-16(25)15-7-8-21-17(24-15)23-14-6-5-10(19)9-12(14)20/h1-9H,(H,22,25)(H,21,23,24). The van der Waals surface area contributed by atoms with Crippen LogP contribution in [0, 0.1) is 11.6 Å². The number of amides is 1. The Morgan fingerprint density at radius 1 is 1.04 bits per heavy atom. The summed E-state index contributed by atoms with van der Waals surface area (Å²) < 4.78 is 26.6. The fourth-order valence-electron chi connectivity index (χ4n) is 2.01. The molecule has 0 aliphatic carbocycles. The van der Waals surface area contributed by atoms with Gasteiger partial charge in [-0.15, -0.1) is 0 Å². The van der Waals surface area contributed by atoms with Crippen LogP contribution in [0.1, 0.15) is 10.5 Å². The van der Waals surface area contributed by atoms with Crippen LogP contribution >= 0.6 is 11.6 Å². The maximum Gasteiger partial charge on any atom is 0.274 e. The predicted molar refractivity (Wildman–Crippen MR) is 91.1 cm³/mol. The molecule has 0 spiro atoms. The number of carbonyl (C=O) groups is 1. The second-order valence-electron chi connectivity index (χ2n) is 4.95. The lowest BCUT2D eigenvalue weighted by Crippen LogP contribution is -2.15. The Hall–Kier alpha value is -3.06. The third kappa shape index (κ3) is 4.07. The van der Waals surface area contributed by atoms with E-state index in [1.165, 1.54) is 18.3 Å². The van der Waals surface area contributed by atoms with Gasteiger partial charge in [0.05, 0.1) is 16.4 Å². The number of rotatable bonds is 4. The summed E-state index contributed by atoms with van der Waals surface area (Å²) in [6.45, 7) is 0. The molecule has 25 heavy (non-hydrogen) atoms. The minimum Gasteiger partial charge on any atom is -0.322 e. The maximum absolute atomic E-state index is 13.7. The molecule has 1 amide bonds. The lowest BCUT2D eigenvalue weighted by atomic mass is 10.3. The summed E-state index contributed by atoms with van der Waals surface area (Å²) in [5.41, 5.74) is 0.483. The predicted octanol–water partition coefficient (Wildman–Crippen LogP) is 4.40. The Morgan fingerprint density at radius 3 is 2.60 bits per heavy atom. The van der Waals surface area contributed by atoms with Crippen molar-refractivity contribution >= 4 is 34.8 Å². The number of nitrogens with one attached hydrogen (secondary N) is 2. The summed E-state index contributed by atoms with van der Waals surface area (Å²) in [6, 6.07) is 11.2. The summed E-state index contributed by atoms with van der Waals surface area (Å²) in [4.78, 5) is 20.2. The van der Waals surface area contributed by atoms with Crippen LogP contribution in [-0.4, -0.2) is 15.9 Å². The first-order chi connectivity index (χ1) is 12.0. The van der Waals surface area contributed by atoms with E-state index in [-0.39, 0.29) is 17.3 Å². The van der Waals surface area contributed by atoms with Crippen LogP contribution in [0.25, 0.3) is 0 Å². The zero-order valence-electron chi connectivity index (χ0n) is 12.6. The van der Waals surface area contributed by atoms with Gasteiger partial charge in [0, 0.05) is 12.3 Å². The smallest absolute Gasteiger partial charge is 0.274 e. The average molecular weight is 361 g/mol. The highest BCUT2D eigenvalue weighted by Crippen LogP contribution is 2.21. The number of carbonyl (C=O) groups excluding carboxylic acids is 1. The van der Waals surface area contributed by atoms with E-state index in [9.17, 15) is 13.6 Å². The van der Waals surface area contributed by atoms with E-state index < -0.39 is 17.5 Å². The first-order valence-electron chi connectivity index (χ1n) is 7.14. The third-order valence-corrected chi connectivity index (χ3v) is 3.52. The van der Waals surface area contributed by atoms with Gasteiger partial charge in [0.2, 0.25) is 5.95 Å². The molecular weight excluding hydrogens is 350 g/mol. The van der Waals surface area contributed by atoms with Crippen LogP contribution < -0.4 is 10.6 Å². The summed E-state index contributed by atoms with van der Waals surface area (Å²) in [5.74, 6) is -2.00. The SMILES string of the molecule is O=C(Nc1ccccc1Cl)c1ccnc(Nc2ccc(F)cc2F)n1. The van der Waals surface area contributed by atoms with Crippen LogP contribution in [0.5, 0.6) is 0 Å². The first kappa shape index (κ1) is 16.8. The van der Waals surface area contributed by atoms with Gasteiger partial charge in [-0.3, -0.25) is 4.79 Å². The van der Waals surface area contributed by atoms with Gasteiger partial charge in [0.15, 0.2) is 0 Å². The molecule has 5 nitrogen and oxygen atoms in total. The quantitative estimate of drug-likeness (QED) is 0.723. The second-order valence-corrected chi connectivity index (χ2v) is 5.36. The van der Waals surface area contributed by atoms with Gasteiger partial charge in [-0.25, -0.2) is 18.7 Å². The molecule has 3 rings (SSSR count). The molecule has 0 aliphatic rings. The lowest BCUT2D eigenvalue weighted by molar-refractivity contribution is 0.102. The third-order valence-electron chi connectivity index (χ3n) is 3.19. The number of halogens is 3. The van der Waals surface area contributed by atoms with Gasteiger partial charge < -0.3 is 10.6 Å². The molecule has 0 fully saturated rings. The van der Waals surface area contributed by atoms with Crippen LogP contribution in [0.4, 0.5) is 26.1 Å². The van der Waals surface area contributed by atoms with Gasteiger partial charge in [0.25, 0.3) is 5.91 Å². The summed E-state index contributed by atoms with van der Waals surface area (Å²) in [7, 11) is 0. The molecule has 0 unspecified atom stereocenters. The van der Waals surface area contributed by atoms with Gasteiger partial charge >= 0.3 is 0 Å². The Kier molecular flexibility index (Phi) is 4.85. The molecule has 0 atom stereocenters. The molecule has 8 heteroatoms. The van der Waals surface area contributed by atoms with Crippen molar-refractivity contribution in [3.05, 3.63) is 77.1 Å². The van der Waals surface area contributed by atoms with Crippen molar-refractivity contribution in [3.63, 3.8) is 0 Å². The molecule has 0 bridgehead atoms.